The van der Waals surface area contributed by atoms with E-state index in [1.165, 1.54) is 5.57 Å². The van der Waals surface area contributed by atoms with E-state index in [0.717, 1.165) is 25.9 Å². The highest BCUT2D eigenvalue weighted by Crippen LogP contribution is 2.36. The Morgan fingerprint density at radius 1 is 1.24 bits per heavy atom. The lowest BCUT2D eigenvalue weighted by molar-refractivity contribution is 0.237. The van der Waals surface area contributed by atoms with Crippen LogP contribution in [0.3, 0.4) is 0 Å². The molecular formula is C19H36OSi. The van der Waals surface area contributed by atoms with E-state index in [9.17, 15) is 0 Å². The lowest BCUT2D eigenvalue weighted by atomic mass is 10.0. The lowest BCUT2D eigenvalue weighted by Gasteiger charge is -2.37. The number of rotatable bonds is 9. The first kappa shape index (κ1) is 20.4. The summed E-state index contributed by atoms with van der Waals surface area (Å²) in [5, 5.41) is 0.297. The molecule has 0 spiro atoms. The van der Waals surface area contributed by atoms with E-state index in [2.05, 4.69) is 72.5 Å². The Hall–Kier alpha value is -0.603. The highest BCUT2D eigenvalue weighted by atomic mass is 28.4. The van der Waals surface area contributed by atoms with Crippen LogP contribution in [0, 0.1) is 5.92 Å². The fourth-order valence-corrected chi connectivity index (χ4v) is 2.92. The van der Waals surface area contributed by atoms with Gasteiger partial charge in [0.1, 0.15) is 0 Å². The van der Waals surface area contributed by atoms with Crippen molar-refractivity contribution < 1.29 is 4.43 Å². The summed E-state index contributed by atoms with van der Waals surface area (Å²) in [6.07, 6.45) is 11.8. The Labute approximate surface area is 134 Å². The van der Waals surface area contributed by atoms with Gasteiger partial charge in [-0.1, -0.05) is 57.6 Å². The molecule has 21 heavy (non-hydrogen) atoms. The van der Waals surface area contributed by atoms with Crippen LogP contribution >= 0.6 is 0 Å². The topological polar surface area (TPSA) is 9.23 Å². The van der Waals surface area contributed by atoms with Crippen LogP contribution < -0.4 is 0 Å². The van der Waals surface area contributed by atoms with Gasteiger partial charge in [-0.05, 0) is 50.2 Å². The van der Waals surface area contributed by atoms with Crippen molar-refractivity contribution in [1.82, 2.24) is 0 Å². The smallest absolute Gasteiger partial charge is 0.191 e. The predicted molar refractivity (Wildman–Crippen MR) is 99.3 cm³/mol. The third-order valence-electron chi connectivity index (χ3n) is 4.26. The van der Waals surface area contributed by atoms with Gasteiger partial charge in [-0.15, -0.1) is 6.58 Å². The van der Waals surface area contributed by atoms with Gasteiger partial charge in [0, 0.05) is 6.61 Å². The summed E-state index contributed by atoms with van der Waals surface area (Å²) >= 11 is 0. The minimum Gasteiger partial charge on any atom is -0.417 e. The van der Waals surface area contributed by atoms with E-state index >= 15 is 0 Å². The van der Waals surface area contributed by atoms with Crippen LogP contribution in [-0.4, -0.2) is 14.9 Å². The van der Waals surface area contributed by atoms with Crippen LogP contribution in [0.15, 0.2) is 36.5 Å². The molecular weight excluding hydrogens is 272 g/mol. The van der Waals surface area contributed by atoms with Gasteiger partial charge in [0.05, 0.1) is 0 Å². The number of unbranched alkanes of at least 4 members (excludes halogenated alkanes) is 1. The van der Waals surface area contributed by atoms with Gasteiger partial charge in [0.25, 0.3) is 0 Å². The second-order valence-electron chi connectivity index (χ2n) is 7.69. The average molecular weight is 309 g/mol. The maximum absolute atomic E-state index is 6.30. The largest absolute Gasteiger partial charge is 0.417 e. The van der Waals surface area contributed by atoms with Gasteiger partial charge in [-0.2, -0.15) is 0 Å². The Morgan fingerprint density at radius 2 is 1.86 bits per heavy atom. The second-order valence-corrected chi connectivity index (χ2v) is 12.5. The quantitative estimate of drug-likeness (QED) is 0.204. The Kier molecular flexibility index (Phi) is 9.15. The fraction of sp³-hybridized carbons (Fsp3) is 0.684. The third-order valence-corrected chi connectivity index (χ3v) is 8.76. The SMILES string of the molecule is C=CCC/C=C/C=C(\C)C[C@@H](C)CO[Si](C)(C)C(C)(C)C. The van der Waals surface area contributed by atoms with Crippen LogP contribution in [-0.2, 0) is 4.43 Å². The molecule has 0 fully saturated rings. The molecule has 0 unspecified atom stereocenters. The zero-order valence-corrected chi connectivity index (χ0v) is 16.3. The molecule has 0 heterocycles. The fourth-order valence-electron chi connectivity index (χ4n) is 1.79. The van der Waals surface area contributed by atoms with Gasteiger partial charge in [-0.3, -0.25) is 0 Å². The molecule has 0 rings (SSSR count). The van der Waals surface area contributed by atoms with E-state index in [0.29, 0.717) is 11.0 Å². The zero-order chi connectivity index (χ0) is 16.5. The molecule has 0 amide bonds. The van der Waals surface area contributed by atoms with Crippen LogP contribution in [0.1, 0.15) is 53.9 Å². The van der Waals surface area contributed by atoms with Gasteiger partial charge in [0.2, 0.25) is 0 Å². The van der Waals surface area contributed by atoms with Crippen molar-refractivity contribution in [1.29, 1.82) is 0 Å². The molecule has 0 saturated heterocycles. The molecule has 0 aromatic heterocycles. The van der Waals surface area contributed by atoms with Crippen molar-refractivity contribution in [3.8, 4) is 0 Å². The summed E-state index contributed by atoms with van der Waals surface area (Å²) < 4.78 is 6.30. The molecule has 122 valence electrons. The lowest BCUT2D eigenvalue weighted by Crippen LogP contribution is -2.41. The van der Waals surface area contributed by atoms with E-state index in [1.807, 2.05) is 6.08 Å². The minimum atomic E-state index is -1.60. The number of allylic oxidation sites excluding steroid dienone is 5. The first-order valence-electron chi connectivity index (χ1n) is 8.17. The molecule has 0 aliphatic rings. The molecule has 1 nitrogen and oxygen atoms in total. The molecule has 0 N–H and O–H groups in total. The summed E-state index contributed by atoms with van der Waals surface area (Å²) in [6.45, 7) is 20.6. The van der Waals surface area contributed by atoms with Crippen molar-refractivity contribution in [3.63, 3.8) is 0 Å². The molecule has 0 aliphatic heterocycles. The van der Waals surface area contributed by atoms with Gasteiger partial charge < -0.3 is 4.43 Å². The summed E-state index contributed by atoms with van der Waals surface area (Å²) in [7, 11) is -1.60. The third kappa shape index (κ3) is 9.10. The van der Waals surface area contributed by atoms with E-state index in [-0.39, 0.29) is 0 Å². The zero-order valence-electron chi connectivity index (χ0n) is 15.3. The maximum atomic E-state index is 6.30. The second kappa shape index (κ2) is 9.42. The Bertz CT molecular complexity index is 358. The summed E-state index contributed by atoms with van der Waals surface area (Å²) in [5.41, 5.74) is 1.43. The predicted octanol–water partition coefficient (Wildman–Crippen LogP) is 6.50. The van der Waals surface area contributed by atoms with Crippen LogP contribution in [0.4, 0.5) is 0 Å². The molecule has 0 aromatic carbocycles. The first-order chi connectivity index (χ1) is 9.60. The first-order valence-corrected chi connectivity index (χ1v) is 11.1. The van der Waals surface area contributed by atoms with E-state index < -0.39 is 8.32 Å². The van der Waals surface area contributed by atoms with Crippen LogP contribution in [0.5, 0.6) is 0 Å². The average Bonchev–Trinajstić information content (AvgIpc) is 2.35. The van der Waals surface area contributed by atoms with Gasteiger partial charge in [0.15, 0.2) is 8.32 Å². The Morgan fingerprint density at radius 3 is 2.38 bits per heavy atom. The molecule has 0 aliphatic carbocycles. The molecule has 2 heteroatoms. The van der Waals surface area contributed by atoms with Crippen LogP contribution in [0.25, 0.3) is 0 Å². The normalized spacial score (nSPS) is 15.5. The van der Waals surface area contributed by atoms with Crippen molar-refractivity contribution in [3.05, 3.63) is 36.5 Å². The van der Waals surface area contributed by atoms with Crippen molar-refractivity contribution in [2.75, 3.05) is 6.61 Å². The van der Waals surface area contributed by atoms with Gasteiger partial charge in [-0.25, -0.2) is 0 Å². The Balaban J connectivity index is 4.19. The number of hydrogen-bond donors (Lipinski definition) is 0. The molecule has 1 atom stereocenters. The van der Waals surface area contributed by atoms with Crippen LogP contribution in [0.2, 0.25) is 18.1 Å². The molecule has 0 bridgehead atoms. The number of hydrogen-bond acceptors (Lipinski definition) is 1. The summed E-state index contributed by atoms with van der Waals surface area (Å²) in [5.74, 6) is 0.581. The molecule has 0 aromatic rings. The van der Waals surface area contributed by atoms with Crippen molar-refractivity contribution in [2.24, 2.45) is 5.92 Å². The van der Waals surface area contributed by atoms with E-state index in [4.69, 9.17) is 4.43 Å². The highest BCUT2D eigenvalue weighted by Gasteiger charge is 2.37. The van der Waals surface area contributed by atoms with Crippen molar-refractivity contribution in [2.45, 2.75) is 72.0 Å². The van der Waals surface area contributed by atoms with Gasteiger partial charge >= 0.3 is 0 Å². The highest BCUT2D eigenvalue weighted by molar-refractivity contribution is 6.74. The minimum absolute atomic E-state index is 0.297. The standard InChI is InChI=1S/C19H36OSi/c1-9-10-11-12-13-14-17(2)15-18(3)16-20-21(7,8)19(4,5)6/h9,12-14,18H,1,10-11,15-16H2,2-8H3/b13-12+,17-14+/t18-/m1/s1. The summed E-state index contributed by atoms with van der Waals surface area (Å²) in [6, 6.07) is 0. The molecule has 0 saturated carbocycles. The van der Waals surface area contributed by atoms with E-state index in [1.54, 1.807) is 0 Å². The van der Waals surface area contributed by atoms with Crippen molar-refractivity contribution >= 4 is 8.32 Å². The maximum Gasteiger partial charge on any atom is 0.191 e. The molecule has 0 radical (unpaired) electrons. The summed E-state index contributed by atoms with van der Waals surface area (Å²) in [4.78, 5) is 0. The monoisotopic (exact) mass is 308 g/mol.